The third kappa shape index (κ3) is 2.28. The van der Waals surface area contributed by atoms with Crippen LogP contribution in [0.2, 0.25) is 0 Å². The van der Waals surface area contributed by atoms with E-state index in [1.165, 1.54) is 0 Å². The van der Waals surface area contributed by atoms with E-state index in [9.17, 15) is 4.79 Å². The Labute approximate surface area is 125 Å². The van der Waals surface area contributed by atoms with Crippen LogP contribution in [-0.4, -0.2) is 12.5 Å². The van der Waals surface area contributed by atoms with Crippen LogP contribution < -0.4 is 5.01 Å². The van der Waals surface area contributed by atoms with E-state index in [1.807, 2.05) is 48.5 Å². The van der Waals surface area contributed by atoms with Gasteiger partial charge in [0.25, 0.3) is 0 Å². The first-order valence-electron chi connectivity index (χ1n) is 5.92. The van der Waals surface area contributed by atoms with Gasteiger partial charge in [-0.2, -0.15) is 5.10 Å². The van der Waals surface area contributed by atoms with Gasteiger partial charge in [0.2, 0.25) is 0 Å². The number of hydrazone groups is 1. The molecular weight excluding hydrogens is 351 g/mol. The molecule has 0 bridgehead atoms. The standard InChI is InChI=1S/C15H11IN2O/c16-12-5-7-13(8-6-12)18-15(10-19)14-4-2-1-3-11(14)9-17-18/h1-10,15H. The molecule has 1 unspecified atom stereocenters. The molecule has 4 heteroatoms. The Morgan fingerprint density at radius 1 is 1.11 bits per heavy atom. The SMILES string of the molecule is O=CC1c2ccccc2C=NN1c1ccc(I)cc1. The highest BCUT2D eigenvalue weighted by Gasteiger charge is 2.25. The quantitative estimate of drug-likeness (QED) is 0.606. The summed E-state index contributed by atoms with van der Waals surface area (Å²) in [6.45, 7) is 0. The summed E-state index contributed by atoms with van der Waals surface area (Å²) in [5.74, 6) is 0. The van der Waals surface area contributed by atoms with E-state index in [-0.39, 0.29) is 6.04 Å². The van der Waals surface area contributed by atoms with Gasteiger partial charge in [-0.15, -0.1) is 0 Å². The summed E-state index contributed by atoms with van der Waals surface area (Å²) in [6.07, 6.45) is 2.74. The molecular formula is C15H11IN2O. The molecule has 0 fully saturated rings. The summed E-state index contributed by atoms with van der Waals surface area (Å²) in [6, 6.07) is 15.4. The zero-order chi connectivity index (χ0) is 13.2. The maximum Gasteiger partial charge on any atom is 0.149 e. The number of anilines is 1. The molecule has 3 rings (SSSR count). The molecule has 2 aromatic carbocycles. The predicted molar refractivity (Wildman–Crippen MR) is 84.5 cm³/mol. The Hall–Kier alpha value is -1.69. The van der Waals surface area contributed by atoms with Crippen LogP contribution in [0.3, 0.4) is 0 Å². The van der Waals surface area contributed by atoms with Crippen molar-refractivity contribution >= 4 is 40.8 Å². The molecule has 0 aromatic heterocycles. The van der Waals surface area contributed by atoms with E-state index in [4.69, 9.17) is 0 Å². The van der Waals surface area contributed by atoms with Crippen molar-refractivity contribution in [3.8, 4) is 0 Å². The summed E-state index contributed by atoms with van der Waals surface area (Å²) in [7, 11) is 0. The van der Waals surface area contributed by atoms with Crippen LogP contribution in [0.5, 0.6) is 0 Å². The number of aldehydes is 1. The van der Waals surface area contributed by atoms with Crippen LogP contribution in [0.25, 0.3) is 0 Å². The summed E-state index contributed by atoms with van der Waals surface area (Å²) in [5.41, 5.74) is 2.91. The first-order chi connectivity index (χ1) is 9.29. The molecule has 1 atom stereocenters. The van der Waals surface area contributed by atoms with Crippen LogP contribution in [0.15, 0.2) is 53.6 Å². The summed E-state index contributed by atoms with van der Waals surface area (Å²) in [4.78, 5) is 11.5. The third-order valence-corrected chi connectivity index (χ3v) is 3.84. The van der Waals surface area contributed by atoms with Gasteiger partial charge in [-0.1, -0.05) is 24.3 Å². The zero-order valence-corrected chi connectivity index (χ0v) is 12.2. The van der Waals surface area contributed by atoms with Gasteiger partial charge in [0.1, 0.15) is 12.3 Å². The van der Waals surface area contributed by atoms with Crippen molar-refractivity contribution in [3.05, 3.63) is 63.2 Å². The largest absolute Gasteiger partial charge is 0.301 e. The van der Waals surface area contributed by atoms with Gasteiger partial charge >= 0.3 is 0 Å². The van der Waals surface area contributed by atoms with Crippen LogP contribution in [-0.2, 0) is 4.79 Å². The first-order valence-corrected chi connectivity index (χ1v) is 7.00. The lowest BCUT2D eigenvalue weighted by Crippen LogP contribution is -2.28. The second-order valence-corrected chi connectivity index (χ2v) is 5.52. The molecule has 0 aliphatic carbocycles. The van der Waals surface area contributed by atoms with Crippen molar-refractivity contribution < 1.29 is 4.79 Å². The topological polar surface area (TPSA) is 32.7 Å². The van der Waals surface area contributed by atoms with Crippen molar-refractivity contribution in [1.82, 2.24) is 0 Å². The molecule has 3 nitrogen and oxygen atoms in total. The molecule has 1 aliphatic rings. The second-order valence-electron chi connectivity index (χ2n) is 4.28. The lowest BCUT2D eigenvalue weighted by atomic mass is 10.00. The fourth-order valence-corrected chi connectivity index (χ4v) is 2.54. The van der Waals surface area contributed by atoms with E-state index in [0.717, 1.165) is 26.7 Å². The lowest BCUT2D eigenvalue weighted by Gasteiger charge is -2.29. The maximum atomic E-state index is 11.5. The highest BCUT2D eigenvalue weighted by atomic mass is 127. The number of halogens is 1. The van der Waals surface area contributed by atoms with Crippen LogP contribution in [0.4, 0.5) is 5.69 Å². The van der Waals surface area contributed by atoms with Crippen molar-refractivity contribution in [1.29, 1.82) is 0 Å². The number of rotatable bonds is 2. The molecule has 2 aromatic rings. The number of carbonyl (C=O) groups excluding carboxylic acids is 1. The number of nitrogens with zero attached hydrogens (tertiary/aromatic N) is 2. The molecule has 0 spiro atoms. The van der Waals surface area contributed by atoms with Crippen molar-refractivity contribution in [2.75, 3.05) is 5.01 Å². The van der Waals surface area contributed by atoms with Gasteiger partial charge in [-0.05, 0) is 52.4 Å². The van der Waals surface area contributed by atoms with Gasteiger partial charge in [0.15, 0.2) is 0 Å². The summed E-state index contributed by atoms with van der Waals surface area (Å²) in [5, 5.41) is 6.15. The molecule has 0 saturated heterocycles. The average molecular weight is 362 g/mol. The Morgan fingerprint density at radius 2 is 1.84 bits per heavy atom. The number of benzene rings is 2. The Morgan fingerprint density at radius 3 is 2.58 bits per heavy atom. The third-order valence-electron chi connectivity index (χ3n) is 3.12. The van der Waals surface area contributed by atoms with Crippen LogP contribution in [0, 0.1) is 3.57 Å². The van der Waals surface area contributed by atoms with Gasteiger partial charge in [-0.25, -0.2) is 0 Å². The van der Waals surface area contributed by atoms with Gasteiger partial charge in [0.05, 0.1) is 11.9 Å². The number of fused-ring (bicyclic) bond motifs is 1. The molecule has 0 saturated carbocycles. The van der Waals surface area contributed by atoms with E-state index < -0.39 is 0 Å². The smallest absolute Gasteiger partial charge is 0.149 e. The van der Waals surface area contributed by atoms with Crippen LogP contribution in [0.1, 0.15) is 17.2 Å². The number of hydrogen-bond donors (Lipinski definition) is 0. The Balaban J connectivity index is 2.05. The highest BCUT2D eigenvalue weighted by Crippen LogP contribution is 2.31. The molecule has 0 N–H and O–H groups in total. The monoisotopic (exact) mass is 362 g/mol. The fourth-order valence-electron chi connectivity index (χ4n) is 2.18. The minimum Gasteiger partial charge on any atom is -0.301 e. The fraction of sp³-hybridized carbons (Fsp3) is 0.0667. The van der Waals surface area contributed by atoms with Gasteiger partial charge in [0, 0.05) is 9.13 Å². The first kappa shape index (κ1) is 12.3. The van der Waals surface area contributed by atoms with Crippen molar-refractivity contribution in [2.24, 2.45) is 5.10 Å². The van der Waals surface area contributed by atoms with Crippen molar-refractivity contribution in [3.63, 3.8) is 0 Å². The molecule has 94 valence electrons. The number of hydrogen-bond acceptors (Lipinski definition) is 3. The highest BCUT2D eigenvalue weighted by molar-refractivity contribution is 14.1. The van der Waals surface area contributed by atoms with Crippen molar-refractivity contribution in [2.45, 2.75) is 6.04 Å². The zero-order valence-electron chi connectivity index (χ0n) is 10.0. The summed E-state index contributed by atoms with van der Waals surface area (Å²) < 4.78 is 1.16. The molecule has 1 heterocycles. The average Bonchev–Trinajstić information content (AvgIpc) is 2.47. The van der Waals surface area contributed by atoms with E-state index >= 15 is 0 Å². The molecule has 0 amide bonds. The van der Waals surface area contributed by atoms with Gasteiger partial charge in [-0.3, -0.25) is 5.01 Å². The normalized spacial score (nSPS) is 17.1. The molecule has 19 heavy (non-hydrogen) atoms. The number of carbonyl (C=O) groups is 1. The summed E-state index contributed by atoms with van der Waals surface area (Å²) >= 11 is 2.26. The Kier molecular flexibility index (Phi) is 3.33. The molecule has 0 radical (unpaired) electrons. The van der Waals surface area contributed by atoms with Gasteiger partial charge < -0.3 is 4.79 Å². The second kappa shape index (κ2) is 5.13. The molecule has 1 aliphatic heterocycles. The minimum absolute atomic E-state index is 0.360. The van der Waals surface area contributed by atoms with E-state index in [0.29, 0.717) is 0 Å². The minimum atomic E-state index is -0.360. The Bertz CT molecular complexity index is 637. The van der Waals surface area contributed by atoms with E-state index in [2.05, 4.69) is 27.7 Å². The van der Waals surface area contributed by atoms with Crippen LogP contribution >= 0.6 is 22.6 Å². The predicted octanol–water partition coefficient (Wildman–Crippen LogP) is 3.39. The van der Waals surface area contributed by atoms with E-state index in [1.54, 1.807) is 11.2 Å². The lowest BCUT2D eigenvalue weighted by molar-refractivity contribution is -0.109. The maximum absolute atomic E-state index is 11.5.